The topological polar surface area (TPSA) is 160 Å². The molecule has 4 rings (SSSR count). The third kappa shape index (κ3) is 6.20. The first-order chi connectivity index (χ1) is 19.4. The van der Waals surface area contributed by atoms with Crippen LogP contribution in [0.1, 0.15) is 0 Å². The van der Waals surface area contributed by atoms with Gasteiger partial charge < -0.3 is 71.8 Å². The second kappa shape index (κ2) is 14.7. The van der Waals surface area contributed by atoms with E-state index in [4.69, 9.17) is 61.6 Å². The maximum Gasteiger partial charge on any atom is 0.187 e. The van der Waals surface area contributed by atoms with E-state index in [0.29, 0.717) is 6.61 Å². The van der Waals surface area contributed by atoms with Crippen LogP contribution in [0.4, 0.5) is 0 Å². The van der Waals surface area contributed by atoms with Crippen LogP contribution in [0.3, 0.4) is 0 Å². The van der Waals surface area contributed by atoms with E-state index in [9.17, 15) is 10.2 Å². The summed E-state index contributed by atoms with van der Waals surface area (Å²) in [6, 6.07) is 0. The maximum atomic E-state index is 10.6. The van der Waals surface area contributed by atoms with Gasteiger partial charge in [0.2, 0.25) is 0 Å². The molecular formula is C25H44O15. The van der Waals surface area contributed by atoms with Crippen LogP contribution < -0.4 is 0 Å². The molecule has 6 unspecified atom stereocenters. The van der Waals surface area contributed by atoms with Crippen molar-refractivity contribution in [2.75, 3.05) is 69.6 Å². The standard InChI is InChI=1S/C25H44O15/c1-28-9-12-15(39-24-20(32-5)17(29-2)14(27)11(8-26)36-24)19(31-4)22(34-7)25(38-12)40-16-13-10-35-23(37-13)21(33-6)18(16)30-3/h11-27H,8-10H2,1-7H3/t11?,12?,13-,14+,15+,16+,17-,18?,19-,20?,21?,22?,23+,24-,25-/m0/s1. The molecule has 0 saturated carbocycles. The van der Waals surface area contributed by atoms with E-state index in [1.54, 1.807) is 14.2 Å². The minimum absolute atomic E-state index is 0.106. The van der Waals surface area contributed by atoms with Crippen LogP contribution in [0.2, 0.25) is 0 Å². The summed E-state index contributed by atoms with van der Waals surface area (Å²) in [6.45, 7) is -0.0475. The van der Waals surface area contributed by atoms with E-state index in [1.807, 2.05) is 0 Å². The second-order valence-electron chi connectivity index (χ2n) is 9.99. The average molecular weight is 585 g/mol. The van der Waals surface area contributed by atoms with Crippen molar-refractivity contribution in [3.05, 3.63) is 0 Å². The Hall–Kier alpha value is -0.600. The first kappa shape index (κ1) is 32.3. The Morgan fingerprint density at radius 3 is 1.68 bits per heavy atom. The fourth-order valence-electron chi connectivity index (χ4n) is 5.96. The van der Waals surface area contributed by atoms with Crippen LogP contribution in [-0.4, -0.2) is 172 Å². The molecule has 0 radical (unpaired) electrons. The number of methoxy groups -OCH3 is 7. The number of ether oxygens (including phenoxy) is 13. The lowest BCUT2D eigenvalue weighted by atomic mass is 9.96. The molecule has 4 fully saturated rings. The van der Waals surface area contributed by atoms with Crippen molar-refractivity contribution in [3.63, 3.8) is 0 Å². The highest BCUT2D eigenvalue weighted by atomic mass is 16.8. The Balaban J connectivity index is 1.57. The Morgan fingerprint density at radius 2 is 1.12 bits per heavy atom. The smallest absolute Gasteiger partial charge is 0.187 e. The van der Waals surface area contributed by atoms with Crippen LogP contribution in [-0.2, 0) is 61.6 Å². The van der Waals surface area contributed by atoms with Crippen LogP contribution in [0.25, 0.3) is 0 Å². The largest absolute Gasteiger partial charge is 0.394 e. The molecular weight excluding hydrogens is 540 g/mol. The lowest BCUT2D eigenvalue weighted by Crippen LogP contribution is -2.67. The van der Waals surface area contributed by atoms with Crippen molar-refractivity contribution in [3.8, 4) is 0 Å². The molecule has 4 heterocycles. The van der Waals surface area contributed by atoms with Gasteiger partial charge >= 0.3 is 0 Å². The van der Waals surface area contributed by atoms with Crippen molar-refractivity contribution in [1.82, 2.24) is 0 Å². The summed E-state index contributed by atoms with van der Waals surface area (Å²) in [7, 11) is 10.6. The molecule has 15 atom stereocenters. The number of hydrogen-bond donors (Lipinski definition) is 2. The minimum Gasteiger partial charge on any atom is -0.394 e. The average Bonchev–Trinajstić information content (AvgIpc) is 3.40. The summed E-state index contributed by atoms with van der Waals surface area (Å²) in [5.74, 6) is 0. The maximum absolute atomic E-state index is 10.6. The van der Waals surface area contributed by atoms with Crippen LogP contribution >= 0.6 is 0 Å². The van der Waals surface area contributed by atoms with Gasteiger partial charge in [0.05, 0.1) is 19.8 Å². The molecule has 0 aromatic carbocycles. The first-order valence-corrected chi connectivity index (χ1v) is 13.2. The normalized spacial score (nSPS) is 47.5. The Morgan fingerprint density at radius 1 is 0.600 bits per heavy atom. The van der Waals surface area contributed by atoms with E-state index in [2.05, 4.69) is 0 Å². The Bertz CT molecular complexity index is 762. The van der Waals surface area contributed by atoms with Gasteiger partial charge in [-0.1, -0.05) is 0 Å². The molecule has 0 aromatic rings. The predicted octanol–water partition coefficient (Wildman–Crippen LogP) is -1.95. The summed E-state index contributed by atoms with van der Waals surface area (Å²) >= 11 is 0. The zero-order valence-electron chi connectivity index (χ0n) is 24.0. The number of rotatable bonds is 13. The predicted molar refractivity (Wildman–Crippen MR) is 131 cm³/mol. The van der Waals surface area contributed by atoms with Gasteiger partial charge in [-0.3, -0.25) is 0 Å². The molecule has 4 saturated heterocycles. The van der Waals surface area contributed by atoms with Crippen molar-refractivity contribution >= 4 is 0 Å². The third-order valence-electron chi connectivity index (χ3n) is 7.95. The zero-order valence-corrected chi connectivity index (χ0v) is 24.0. The molecule has 0 aliphatic carbocycles. The van der Waals surface area contributed by atoms with Crippen LogP contribution in [0.5, 0.6) is 0 Å². The van der Waals surface area contributed by atoms with Gasteiger partial charge in [-0.2, -0.15) is 0 Å². The van der Waals surface area contributed by atoms with Crippen molar-refractivity contribution in [2.45, 2.75) is 92.1 Å². The van der Waals surface area contributed by atoms with Crippen LogP contribution in [0, 0.1) is 0 Å². The summed E-state index contributed by atoms with van der Waals surface area (Å²) in [6.07, 6.45) is -11.4. The summed E-state index contributed by atoms with van der Waals surface area (Å²) < 4.78 is 76.5. The quantitative estimate of drug-likeness (QED) is 0.246. The van der Waals surface area contributed by atoms with Gasteiger partial charge in [-0.15, -0.1) is 0 Å². The summed E-state index contributed by atoms with van der Waals surface area (Å²) in [4.78, 5) is 0. The highest BCUT2D eigenvalue weighted by Crippen LogP contribution is 2.37. The van der Waals surface area contributed by atoms with E-state index in [-0.39, 0.29) is 6.61 Å². The molecule has 2 bridgehead atoms. The molecule has 0 aromatic heterocycles. The lowest BCUT2D eigenvalue weighted by molar-refractivity contribution is -0.377. The third-order valence-corrected chi connectivity index (χ3v) is 7.95. The van der Waals surface area contributed by atoms with E-state index in [1.165, 1.54) is 35.5 Å². The molecule has 4 aliphatic rings. The molecule has 2 N–H and O–H groups in total. The van der Waals surface area contributed by atoms with Crippen molar-refractivity contribution in [2.24, 2.45) is 0 Å². The van der Waals surface area contributed by atoms with Gasteiger partial charge in [0.25, 0.3) is 0 Å². The molecule has 15 heteroatoms. The Labute approximate surface area is 234 Å². The fourth-order valence-corrected chi connectivity index (χ4v) is 5.96. The van der Waals surface area contributed by atoms with E-state index in [0.717, 1.165) is 0 Å². The highest BCUT2D eigenvalue weighted by Gasteiger charge is 2.57. The van der Waals surface area contributed by atoms with Gasteiger partial charge in [0, 0.05) is 49.8 Å². The van der Waals surface area contributed by atoms with Gasteiger partial charge in [0.1, 0.15) is 73.2 Å². The van der Waals surface area contributed by atoms with Crippen molar-refractivity contribution in [1.29, 1.82) is 0 Å². The Kier molecular flexibility index (Phi) is 11.9. The second-order valence-corrected chi connectivity index (χ2v) is 9.99. The van der Waals surface area contributed by atoms with Crippen molar-refractivity contribution < 1.29 is 71.8 Å². The number of fused-ring (bicyclic) bond motifs is 2. The zero-order chi connectivity index (χ0) is 29.0. The van der Waals surface area contributed by atoms with Crippen LogP contribution in [0.15, 0.2) is 0 Å². The fraction of sp³-hybridized carbons (Fsp3) is 1.00. The van der Waals surface area contributed by atoms with E-state index < -0.39 is 98.7 Å². The molecule has 4 aliphatic heterocycles. The first-order valence-electron chi connectivity index (χ1n) is 13.2. The molecule has 0 amide bonds. The highest BCUT2D eigenvalue weighted by molar-refractivity contribution is 4.99. The number of hydrogen-bond acceptors (Lipinski definition) is 15. The monoisotopic (exact) mass is 584 g/mol. The number of aliphatic hydroxyl groups excluding tert-OH is 2. The van der Waals surface area contributed by atoms with Gasteiger partial charge in [-0.05, 0) is 0 Å². The molecule has 0 spiro atoms. The summed E-state index contributed by atoms with van der Waals surface area (Å²) in [5.41, 5.74) is 0. The lowest BCUT2D eigenvalue weighted by Gasteiger charge is -2.49. The SMILES string of the molecule is COCC1O[C@@H](O[C@H]2C(OC)C(OC)[C@@H]3OC[C@@H]2O3)C(OC)[C@@H](OC)[C@@H]1O[C@@H]1OC(CO)[C@@H](O)[C@H](OC)C1OC. The molecule has 234 valence electrons. The van der Waals surface area contributed by atoms with E-state index >= 15 is 0 Å². The molecule has 15 nitrogen and oxygen atoms in total. The van der Waals surface area contributed by atoms with Gasteiger partial charge in [-0.25, -0.2) is 0 Å². The number of aliphatic hydroxyl groups is 2. The summed E-state index contributed by atoms with van der Waals surface area (Å²) in [5, 5.41) is 20.4. The minimum atomic E-state index is -1.14. The van der Waals surface area contributed by atoms with Gasteiger partial charge in [0.15, 0.2) is 18.9 Å². The molecule has 40 heavy (non-hydrogen) atoms.